The molecule has 0 fully saturated rings. The molecule has 0 aliphatic carbocycles. The number of nitrogens with zero attached hydrogens (tertiary/aromatic N) is 1. The first kappa shape index (κ1) is 5.51. The van der Waals surface area contributed by atoms with Gasteiger partial charge < -0.3 is 0 Å². The first-order valence-corrected chi connectivity index (χ1v) is 2.87. The molecule has 0 radical (unpaired) electrons. The summed E-state index contributed by atoms with van der Waals surface area (Å²) in [6, 6.07) is 0. The van der Waals surface area contributed by atoms with Gasteiger partial charge in [-0.3, -0.25) is 5.32 Å². The van der Waals surface area contributed by atoms with E-state index >= 15 is 0 Å². The molecule has 0 amide bonds. The number of allylic oxidation sites excluding steroid dienone is 1. The lowest BCUT2D eigenvalue weighted by atomic mass is 10.1. The Labute approximate surface area is 49.3 Å². The van der Waals surface area contributed by atoms with Gasteiger partial charge in [0.05, 0.1) is 6.20 Å². The van der Waals surface area contributed by atoms with Crippen LogP contribution in [0.25, 0.3) is 0 Å². The van der Waals surface area contributed by atoms with Gasteiger partial charge >= 0.3 is 0 Å². The van der Waals surface area contributed by atoms with Crippen LogP contribution >= 0.6 is 0 Å². The van der Waals surface area contributed by atoms with E-state index in [1.165, 1.54) is 5.70 Å². The van der Waals surface area contributed by atoms with Crippen LogP contribution in [0.15, 0.2) is 16.9 Å². The lowest BCUT2D eigenvalue weighted by Crippen LogP contribution is -2.79. The fraction of sp³-hybridized carbons (Fsp3) is 0.500. The van der Waals surface area contributed by atoms with Crippen LogP contribution in [-0.2, 0) is 0 Å². The van der Waals surface area contributed by atoms with Crippen LogP contribution in [0.4, 0.5) is 0 Å². The van der Waals surface area contributed by atoms with E-state index in [9.17, 15) is 0 Å². The molecule has 0 bridgehead atoms. The molecule has 1 aliphatic heterocycles. The van der Waals surface area contributed by atoms with Gasteiger partial charge in [0.1, 0.15) is 5.70 Å². The first-order valence-electron chi connectivity index (χ1n) is 2.87. The maximum atomic E-state index is 3.94. The molecule has 0 aromatic carbocycles. The molecule has 2 nitrogen and oxygen atoms in total. The highest BCUT2D eigenvalue weighted by Gasteiger charge is 2.07. The van der Waals surface area contributed by atoms with Gasteiger partial charge in [-0.05, 0) is 0 Å². The van der Waals surface area contributed by atoms with E-state index in [0.29, 0.717) is 5.92 Å². The molecule has 0 spiro atoms. The molecule has 0 saturated carbocycles. The number of hydrogen-bond donors (Lipinski definition) is 1. The third kappa shape index (κ3) is 0.954. The molecule has 0 atom stereocenters. The van der Waals surface area contributed by atoms with Crippen molar-refractivity contribution in [1.82, 2.24) is 0 Å². The molecule has 1 rings (SSSR count). The van der Waals surface area contributed by atoms with Gasteiger partial charge in [0.25, 0.3) is 0 Å². The summed E-state index contributed by atoms with van der Waals surface area (Å²) in [5.74, 6) is 0.623. The minimum atomic E-state index is 0.623. The Morgan fingerprint density at radius 2 is 2.38 bits per heavy atom. The van der Waals surface area contributed by atoms with Gasteiger partial charge in [-0.2, -0.15) is 0 Å². The molecule has 44 valence electrons. The normalized spacial score (nSPS) is 17.6. The fourth-order valence-corrected chi connectivity index (χ4v) is 0.643. The van der Waals surface area contributed by atoms with E-state index in [1.807, 2.05) is 17.9 Å². The van der Waals surface area contributed by atoms with Crippen LogP contribution in [0.5, 0.6) is 0 Å². The SMILES string of the molecule is CC(C)C1=CN=C[NH2+]1. The van der Waals surface area contributed by atoms with E-state index in [2.05, 4.69) is 18.8 Å². The quantitative estimate of drug-likeness (QED) is 0.497. The van der Waals surface area contributed by atoms with E-state index in [-0.39, 0.29) is 0 Å². The highest BCUT2D eigenvalue weighted by Crippen LogP contribution is 2.01. The van der Waals surface area contributed by atoms with Crippen molar-refractivity contribution in [2.24, 2.45) is 10.9 Å². The summed E-state index contributed by atoms with van der Waals surface area (Å²) in [6.07, 6.45) is 3.74. The number of aliphatic imine (C=N–C) groups is 1. The summed E-state index contributed by atoms with van der Waals surface area (Å²) in [4.78, 5) is 3.94. The topological polar surface area (TPSA) is 29.0 Å². The van der Waals surface area contributed by atoms with Gasteiger partial charge in [0.2, 0.25) is 0 Å². The second kappa shape index (κ2) is 2.09. The predicted octanol–water partition coefficient (Wildman–Crippen LogP) is 0.0891. The minimum Gasteiger partial charge on any atom is -0.274 e. The molecule has 2 N–H and O–H groups in total. The molecule has 0 aromatic rings. The van der Waals surface area contributed by atoms with Crippen LogP contribution in [0.1, 0.15) is 13.8 Å². The first-order chi connectivity index (χ1) is 3.80. The molecular formula is C6H11N2+. The largest absolute Gasteiger partial charge is 0.274 e. The molecule has 0 saturated heterocycles. The number of quaternary nitrogens is 1. The third-order valence-electron chi connectivity index (χ3n) is 1.24. The average molecular weight is 111 g/mol. The Morgan fingerprint density at radius 3 is 2.62 bits per heavy atom. The van der Waals surface area contributed by atoms with Crippen molar-refractivity contribution in [3.05, 3.63) is 11.9 Å². The van der Waals surface area contributed by atoms with Gasteiger partial charge in [-0.1, -0.05) is 13.8 Å². The van der Waals surface area contributed by atoms with Crippen molar-refractivity contribution in [2.75, 3.05) is 0 Å². The van der Waals surface area contributed by atoms with Crippen LogP contribution < -0.4 is 5.32 Å². The second-order valence-corrected chi connectivity index (χ2v) is 2.25. The molecule has 1 aliphatic rings. The maximum Gasteiger partial charge on any atom is 0.191 e. The van der Waals surface area contributed by atoms with Gasteiger partial charge in [-0.25, -0.2) is 4.99 Å². The third-order valence-corrected chi connectivity index (χ3v) is 1.24. The monoisotopic (exact) mass is 111 g/mol. The van der Waals surface area contributed by atoms with Gasteiger partial charge in [-0.15, -0.1) is 0 Å². The van der Waals surface area contributed by atoms with Crippen molar-refractivity contribution in [3.63, 3.8) is 0 Å². The van der Waals surface area contributed by atoms with Crippen LogP contribution in [0.3, 0.4) is 0 Å². The van der Waals surface area contributed by atoms with E-state index in [4.69, 9.17) is 0 Å². The predicted molar refractivity (Wildman–Crippen MR) is 33.3 cm³/mol. The summed E-state index contributed by atoms with van der Waals surface area (Å²) >= 11 is 0. The maximum absolute atomic E-state index is 3.94. The van der Waals surface area contributed by atoms with E-state index in [0.717, 1.165) is 0 Å². The minimum absolute atomic E-state index is 0.623. The lowest BCUT2D eigenvalue weighted by Gasteiger charge is -1.97. The second-order valence-electron chi connectivity index (χ2n) is 2.25. The Bertz CT molecular complexity index is 133. The summed E-state index contributed by atoms with van der Waals surface area (Å²) in [6.45, 7) is 4.33. The molecule has 2 heteroatoms. The van der Waals surface area contributed by atoms with Crippen molar-refractivity contribution in [2.45, 2.75) is 13.8 Å². The Morgan fingerprint density at radius 1 is 1.62 bits per heavy atom. The van der Waals surface area contributed by atoms with Gasteiger partial charge in [0.15, 0.2) is 6.34 Å². The van der Waals surface area contributed by atoms with Gasteiger partial charge in [0, 0.05) is 5.92 Å². The van der Waals surface area contributed by atoms with Crippen molar-refractivity contribution in [1.29, 1.82) is 0 Å². The molecule has 0 aromatic heterocycles. The zero-order chi connectivity index (χ0) is 5.98. The summed E-state index contributed by atoms with van der Waals surface area (Å²) in [7, 11) is 0. The summed E-state index contributed by atoms with van der Waals surface area (Å²) < 4.78 is 0. The van der Waals surface area contributed by atoms with Crippen molar-refractivity contribution < 1.29 is 5.32 Å². The highest BCUT2D eigenvalue weighted by molar-refractivity contribution is 5.47. The molecule has 0 unspecified atom stereocenters. The fourth-order valence-electron chi connectivity index (χ4n) is 0.643. The standard InChI is InChI=1S/C6H10N2/c1-5(2)6-3-7-4-8-6/h3-5H,1-2H3,(H,7,8)/p+1. The highest BCUT2D eigenvalue weighted by atomic mass is 15.0. The van der Waals surface area contributed by atoms with Crippen LogP contribution in [0, 0.1) is 5.92 Å². The summed E-state index contributed by atoms with van der Waals surface area (Å²) in [5, 5.41) is 2.05. The zero-order valence-corrected chi connectivity index (χ0v) is 5.26. The lowest BCUT2D eigenvalue weighted by molar-refractivity contribution is -0.477. The number of nitrogens with two attached hydrogens (primary N) is 1. The Hall–Kier alpha value is -0.630. The van der Waals surface area contributed by atoms with Crippen LogP contribution in [-0.4, -0.2) is 6.34 Å². The molecule has 8 heavy (non-hydrogen) atoms. The number of rotatable bonds is 1. The Kier molecular flexibility index (Phi) is 1.44. The average Bonchev–Trinajstić information content (AvgIpc) is 2.12. The van der Waals surface area contributed by atoms with Crippen LogP contribution in [0.2, 0.25) is 0 Å². The van der Waals surface area contributed by atoms with E-state index in [1.54, 1.807) is 0 Å². The van der Waals surface area contributed by atoms with Crippen molar-refractivity contribution >= 4 is 6.34 Å². The molecular weight excluding hydrogens is 100 g/mol. The smallest absolute Gasteiger partial charge is 0.191 e. The Balaban J connectivity index is 2.51. The summed E-state index contributed by atoms with van der Waals surface area (Å²) in [5.41, 5.74) is 1.32. The number of hydrogen-bond acceptors (Lipinski definition) is 1. The van der Waals surface area contributed by atoms with E-state index < -0.39 is 0 Å². The molecule has 1 heterocycles. The van der Waals surface area contributed by atoms with Crippen molar-refractivity contribution in [3.8, 4) is 0 Å². The zero-order valence-electron chi connectivity index (χ0n) is 5.26.